The molecule has 1 amide bonds. The number of carbonyl (C=O) groups is 1. The van der Waals surface area contributed by atoms with Crippen molar-refractivity contribution in [3.63, 3.8) is 0 Å². The highest BCUT2D eigenvalue weighted by Gasteiger charge is 2.14. The first-order chi connectivity index (χ1) is 9.62. The number of hydrogen-bond donors (Lipinski definition) is 1. The van der Waals surface area contributed by atoms with Crippen LogP contribution in [0.1, 0.15) is 54.9 Å². The van der Waals surface area contributed by atoms with Crippen molar-refractivity contribution in [2.45, 2.75) is 46.5 Å². The Balaban J connectivity index is 2.68. The van der Waals surface area contributed by atoms with Gasteiger partial charge in [0.1, 0.15) is 0 Å². The first-order valence-electron chi connectivity index (χ1n) is 7.29. The van der Waals surface area contributed by atoms with Crippen LogP contribution in [0.15, 0.2) is 6.07 Å². The fourth-order valence-electron chi connectivity index (χ4n) is 2.22. The molecule has 4 nitrogen and oxygen atoms in total. The molecule has 0 fully saturated rings. The second-order valence-electron chi connectivity index (χ2n) is 5.04. The van der Waals surface area contributed by atoms with E-state index in [4.69, 9.17) is 0 Å². The molecule has 1 aromatic rings. The number of rotatable bonds is 8. The van der Waals surface area contributed by atoms with Crippen LogP contribution < -0.4 is 5.32 Å². The van der Waals surface area contributed by atoms with Crippen molar-refractivity contribution in [2.24, 2.45) is 5.92 Å². The van der Waals surface area contributed by atoms with Gasteiger partial charge in [0.25, 0.3) is 5.91 Å². The summed E-state index contributed by atoms with van der Waals surface area (Å²) in [6, 6.07) is 1.82. The van der Waals surface area contributed by atoms with E-state index in [-0.39, 0.29) is 5.91 Å². The largest absolute Gasteiger partial charge is 0.352 e. The van der Waals surface area contributed by atoms with E-state index in [1.54, 1.807) is 0 Å². The smallest absolute Gasteiger partial charge is 0.253 e. The molecule has 1 heterocycles. The first-order valence-corrected chi connectivity index (χ1v) is 8.41. The van der Waals surface area contributed by atoms with E-state index in [2.05, 4.69) is 38.4 Å². The van der Waals surface area contributed by atoms with Crippen LogP contribution in [0.2, 0.25) is 0 Å². The highest BCUT2D eigenvalue weighted by molar-refractivity contribution is 9.09. The van der Waals surface area contributed by atoms with E-state index >= 15 is 0 Å². The summed E-state index contributed by atoms with van der Waals surface area (Å²) < 4.78 is 0. The zero-order chi connectivity index (χ0) is 15.0. The van der Waals surface area contributed by atoms with Gasteiger partial charge >= 0.3 is 0 Å². The van der Waals surface area contributed by atoms with E-state index in [1.807, 2.05) is 19.9 Å². The molecule has 0 bridgehead atoms. The Morgan fingerprint density at radius 3 is 2.70 bits per heavy atom. The van der Waals surface area contributed by atoms with E-state index in [0.29, 0.717) is 11.5 Å². The molecule has 1 aromatic heterocycles. The van der Waals surface area contributed by atoms with Crippen LogP contribution in [0.25, 0.3) is 0 Å². The Morgan fingerprint density at radius 2 is 2.10 bits per heavy atom. The van der Waals surface area contributed by atoms with Crippen LogP contribution in [-0.2, 0) is 6.42 Å². The maximum absolute atomic E-state index is 12.3. The lowest BCUT2D eigenvalue weighted by Gasteiger charge is -2.16. The number of aromatic nitrogens is 2. The SMILES string of the molecule is CCCC(CCBr)CNC(=O)c1cc(C)nnc1CC. The van der Waals surface area contributed by atoms with E-state index in [0.717, 1.165) is 48.9 Å². The summed E-state index contributed by atoms with van der Waals surface area (Å²) in [5, 5.41) is 12.1. The normalized spacial score (nSPS) is 12.2. The maximum Gasteiger partial charge on any atom is 0.253 e. The minimum Gasteiger partial charge on any atom is -0.352 e. The van der Waals surface area contributed by atoms with Gasteiger partial charge in [-0.2, -0.15) is 10.2 Å². The molecule has 20 heavy (non-hydrogen) atoms. The summed E-state index contributed by atoms with van der Waals surface area (Å²) in [5.74, 6) is 0.500. The predicted molar refractivity (Wildman–Crippen MR) is 85.3 cm³/mol. The van der Waals surface area contributed by atoms with Crippen LogP contribution in [0.3, 0.4) is 0 Å². The third kappa shape index (κ3) is 5.19. The van der Waals surface area contributed by atoms with Crippen LogP contribution in [-0.4, -0.2) is 28.0 Å². The number of nitrogens with zero attached hydrogens (tertiary/aromatic N) is 2. The molecule has 1 unspecified atom stereocenters. The summed E-state index contributed by atoms with van der Waals surface area (Å²) in [6.07, 6.45) is 4.09. The molecular weight excluding hydrogens is 318 g/mol. The summed E-state index contributed by atoms with van der Waals surface area (Å²) in [6.45, 7) is 6.74. The van der Waals surface area contributed by atoms with Crippen molar-refractivity contribution in [3.8, 4) is 0 Å². The number of aryl methyl sites for hydroxylation is 2. The highest BCUT2D eigenvalue weighted by Crippen LogP contribution is 2.13. The van der Waals surface area contributed by atoms with Crippen LogP contribution in [0.4, 0.5) is 0 Å². The molecule has 1 atom stereocenters. The molecule has 1 rings (SSSR count). The summed E-state index contributed by atoms with van der Waals surface area (Å²) >= 11 is 3.47. The lowest BCUT2D eigenvalue weighted by Crippen LogP contribution is -2.30. The van der Waals surface area contributed by atoms with Gasteiger partial charge in [0.15, 0.2) is 0 Å². The number of alkyl halides is 1. The van der Waals surface area contributed by atoms with Crippen molar-refractivity contribution in [1.29, 1.82) is 0 Å². The number of nitrogens with one attached hydrogen (secondary N) is 1. The summed E-state index contributed by atoms with van der Waals surface area (Å²) in [5.41, 5.74) is 2.20. The number of hydrogen-bond acceptors (Lipinski definition) is 3. The second-order valence-corrected chi connectivity index (χ2v) is 5.84. The summed E-state index contributed by atoms with van der Waals surface area (Å²) in [7, 11) is 0. The van der Waals surface area contributed by atoms with Gasteiger partial charge in [-0.1, -0.05) is 36.2 Å². The average Bonchev–Trinajstić information content (AvgIpc) is 2.45. The minimum absolute atomic E-state index is 0.0319. The monoisotopic (exact) mass is 341 g/mol. The third-order valence-electron chi connectivity index (χ3n) is 3.34. The van der Waals surface area contributed by atoms with Gasteiger partial charge in [-0.05, 0) is 38.2 Å². The van der Waals surface area contributed by atoms with E-state index in [9.17, 15) is 4.79 Å². The average molecular weight is 342 g/mol. The summed E-state index contributed by atoms with van der Waals surface area (Å²) in [4.78, 5) is 12.3. The fraction of sp³-hybridized carbons (Fsp3) is 0.667. The van der Waals surface area contributed by atoms with Crippen molar-refractivity contribution < 1.29 is 4.79 Å². The second kappa shape index (κ2) is 9.06. The minimum atomic E-state index is -0.0319. The Bertz CT molecular complexity index is 431. The van der Waals surface area contributed by atoms with Gasteiger partial charge in [-0.15, -0.1) is 0 Å². The van der Waals surface area contributed by atoms with Gasteiger partial charge in [0, 0.05) is 11.9 Å². The quantitative estimate of drug-likeness (QED) is 0.738. The Hall–Kier alpha value is -0.970. The molecule has 0 aromatic carbocycles. The standard InChI is InChI=1S/C15H24BrN3O/c1-4-6-12(7-8-16)10-17-15(20)13-9-11(3)18-19-14(13)5-2/h9,12H,4-8,10H2,1-3H3,(H,17,20). The maximum atomic E-state index is 12.3. The molecule has 1 N–H and O–H groups in total. The van der Waals surface area contributed by atoms with E-state index < -0.39 is 0 Å². The van der Waals surface area contributed by atoms with E-state index in [1.165, 1.54) is 0 Å². The number of amides is 1. The fourth-order valence-corrected chi connectivity index (χ4v) is 2.86. The Kier molecular flexibility index (Phi) is 7.73. The molecular formula is C15H24BrN3O. The zero-order valence-corrected chi connectivity index (χ0v) is 14.2. The Labute approximate surface area is 129 Å². The van der Waals surface area contributed by atoms with Crippen molar-refractivity contribution in [1.82, 2.24) is 15.5 Å². The van der Waals surface area contributed by atoms with Crippen molar-refractivity contribution in [2.75, 3.05) is 11.9 Å². The lowest BCUT2D eigenvalue weighted by molar-refractivity contribution is 0.0944. The van der Waals surface area contributed by atoms with Gasteiger partial charge < -0.3 is 5.32 Å². The first kappa shape index (κ1) is 17.1. The van der Waals surface area contributed by atoms with Crippen LogP contribution >= 0.6 is 15.9 Å². The van der Waals surface area contributed by atoms with Crippen molar-refractivity contribution in [3.05, 3.63) is 23.0 Å². The topological polar surface area (TPSA) is 54.9 Å². The molecule has 0 spiro atoms. The van der Waals surface area contributed by atoms with Gasteiger partial charge in [-0.25, -0.2) is 0 Å². The van der Waals surface area contributed by atoms with Crippen LogP contribution in [0.5, 0.6) is 0 Å². The molecule has 112 valence electrons. The molecule has 0 aliphatic carbocycles. The number of halogens is 1. The molecule has 5 heteroatoms. The molecule has 0 radical (unpaired) electrons. The van der Waals surface area contributed by atoms with Gasteiger partial charge in [-0.3, -0.25) is 4.79 Å². The Morgan fingerprint density at radius 1 is 1.35 bits per heavy atom. The molecule has 0 saturated heterocycles. The molecule has 0 saturated carbocycles. The van der Waals surface area contributed by atoms with Crippen molar-refractivity contribution >= 4 is 21.8 Å². The predicted octanol–water partition coefficient (Wildman–Crippen LogP) is 3.28. The third-order valence-corrected chi connectivity index (χ3v) is 3.80. The van der Waals surface area contributed by atoms with Gasteiger partial charge in [0.05, 0.1) is 17.0 Å². The van der Waals surface area contributed by atoms with Crippen LogP contribution in [0, 0.1) is 12.8 Å². The molecule has 0 aliphatic rings. The van der Waals surface area contributed by atoms with Gasteiger partial charge in [0.2, 0.25) is 0 Å². The molecule has 0 aliphatic heterocycles. The lowest BCUT2D eigenvalue weighted by atomic mass is 10.0. The zero-order valence-electron chi connectivity index (χ0n) is 12.6. The highest BCUT2D eigenvalue weighted by atomic mass is 79.9. The number of carbonyl (C=O) groups excluding carboxylic acids is 1.